The van der Waals surface area contributed by atoms with Crippen molar-refractivity contribution in [2.24, 2.45) is 0 Å². The molecule has 0 aliphatic rings. The molecular weight excluding hydrogens is 402 g/mol. The number of benzene rings is 2. The summed E-state index contributed by atoms with van der Waals surface area (Å²) in [6, 6.07) is 15.9. The number of nitrogens with one attached hydrogen (secondary N) is 1. The van der Waals surface area contributed by atoms with Crippen molar-refractivity contribution in [1.82, 2.24) is 4.98 Å². The minimum Gasteiger partial charge on any atom is -0.481 e. The van der Waals surface area contributed by atoms with Crippen LogP contribution in [0.25, 0.3) is 0 Å². The smallest absolute Gasteiger partial charge is 0.228 e. The van der Waals surface area contributed by atoms with Crippen LogP contribution in [0.4, 0.5) is 5.69 Å². The fraction of sp³-hybridized carbons (Fsp3) is 0.174. The molecule has 0 aliphatic heterocycles. The number of carbonyl (C=O) groups excluding carboxylic acids is 1. The van der Waals surface area contributed by atoms with E-state index in [0.29, 0.717) is 39.3 Å². The molecule has 2 aromatic carbocycles. The molecular formula is C23H20ClN3O3. The van der Waals surface area contributed by atoms with Crippen LogP contribution in [0.5, 0.6) is 17.4 Å². The Morgan fingerprint density at radius 3 is 2.67 bits per heavy atom. The molecule has 0 unspecified atom stereocenters. The summed E-state index contributed by atoms with van der Waals surface area (Å²) < 4.78 is 11.0. The Morgan fingerprint density at radius 1 is 1.17 bits per heavy atom. The number of ether oxygens (including phenoxy) is 2. The number of nitriles is 1. The van der Waals surface area contributed by atoms with Gasteiger partial charge in [-0.05, 0) is 55.3 Å². The molecule has 6 nitrogen and oxygen atoms in total. The molecule has 1 heterocycles. The highest BCUT2D eigenvalue weighted by Crippen LogP contribution is 2.29. The Morgan fingerprint density at radius 2 is 1.97 bits per heavy atom. The third-order valence-corrected chi connectivity index (χ3v) is 4.61. The highest BCUT2D eigenvalue weighted by molar-refractivity contribution is 6.30. The van der Waals surface area contributed by atoms with E-state index in [2.05, 4.69) is 16.4 Å². The van der Waals surface area contributed by atoms with Crippen molar-refractivity contribution in [3.8, 4) is 23.4 Å². The van der Waals surface area contributed by atoms with Gasteiger partial charge in [-0.15, -0.1) is 0 Å². The fourth-order valence-electron chi connectivity index (χ4n) is 2.84. The zero-order valence-corrected chi connectivity index (χ0v) is 17.6. The normalized spacial score (nSPS) is 10.2. The zero-order valence-electron chi connectivity index (χ0n) is 16.8. The molecule has 0 aliphatic carbocycles. The molecule has 0 radical (unpaired) electrons. The summed E-state index contributed by atoms with van der Waals surface area (Å²) in [6.45, 7) is 3.71. The summed E-state index contributed by atoms with van der Waals surface area (Å²) in [7, 11) is 1.54. The lowest BCUT2D eigenvalue weighted by molar-refractivity contribution is -0.115. The van der Waals surface area contributed by atoms with Crippen LogP contribution < -0.4 is 14.8 Å². The minimum atomic E-state index is -0.172. The van der Waals surface area contributed by atoms with E-state index in [1.54, 1.807) is 50.4 Å². The minimum absolute atomic E-state index is 0.168. The van der Waals surface area contributed by atoms with E-state index >= 15 is 0 Å². The molecule has 0 saturated heterocycles. The van der Waals surface area contributed by atoms with Gasteiger partial charge in [0, 0.05) is 11.1 Å². The Bertz CT molecular complexity index is 1140. The van der Waals surface area contributed by atoms with Gasteiger partial charge in [0.05, 0.1) is 36.5 Å². The van der Waals surface area contributed by atoms with Gasteiger partial charge >= 0.3 is 0 Å². The summed E-state index contributed by atoms with van der Waals surface area (Å²) in [5.41, 5.74) is 3.40. The van der Waals surface area contributed by atoms with Crippen molar-refractivity contribution in [3.05, 3.63) is 75.9 Å². The Labute approximate surface area is 180 Å². The van der Waals surface area contributed by atoms with E-state index < -0.39 is 0 Å². The zero-order chi connectivity index (χ0) is 21.7. The Kier molecular flexibility index (Phi) is 6.55. The first kappa shape index (κ1) is 21.2. The highest BCUT2D eigenvalue weighted by Gasteiger charge is 2.11. The molecule has 0 atom stereocenters. The molecule has 30 heavy (non-hydrogen) atoms. The van der Waals surface area contributed by atoms with Crippen LogP contribution in [0.3, 0.4) is 0 Å². The molecule has 3 rings (SSSR count). The first-order valence-corrected chi connectivity index (χ1v) is 9.55. The monoisotopic (exact) mass is 421 g/mol. The molecule has 0 fully saturated rings. The molecule has 1 amide bonds. The molecule has 0 spiro atoms. The highest BCUT2D eigenvalue weighted by atomic mass is 35.5. The number of aryl methyl sites for hydroxylation is 2. The summed E-state index contributed by atoms with van der Waals surface area (Å²) in [5, 5.41) is 12.4. The number of aromatic nitrogens is 1. The van der Waals surface area contributed by atoms with E-state index in [9.17, 15) is 4.79 Å². The molecule has 3 aromatic rings. The van der Waals surface area contributed by atoms with Crippen LogP contribution in [0.1, 0.15) is 22.4 Å². The van der Waals surface area contributed by atoms with Crippen molar-refractivity contribution < 1.29 is 14.3 Å². The van der Waals surface area contributed by atoms with Gasteiger partial charge < -0.3 is 14.8 Å². The van der Waals surface area contributed by atoms with Crippen LogP contribution in [-0.4, -0.2) is 18.0 Å². The summed E-state index contributed by atoms with van der Waals surface area (Å²) in [4.78, 5) is 16.8. The Hall–Kier alpha value is -3.56. The standard InChI is InChI=1S/C23H20ClN3O3/c1-14-4-5-16(10-21(14)30-19-9-17(13-25)8-18(24)12-19)11-22(28)27-20-6-7-23(29-3)26-15(20)2/h4-10,12H,11H2,1-3H3,(H,27,28). The lowest BCUT2D eigenvalue weighted by atomic mass is 10.1. The molecule has 7 heteroatoms. The molecule has 0 saturated carbocycles. The van der Waals surface area contributed by atoms with Crippen molar-refractivity contribution in [2.75, 3.05) is 12.4 Å². The second-order valence-corrected chi connectivity index (χ2v) is 7.14. The maximum atomic E-state index is 12.5. The Balaban J connectivity index is 1.74. The first-order chi connectivity index (χ1) is 14.4. The number of pyridine rings is 1. The van der Waals surface area contributed by atoms with E-state index in [-0.39, 0.29) is 12.3 Å². The maximum Gasteiger partial charge on any atom is 0.228 e. The number of rotatable bonds is 6. The van der Waals surface area contributed by atoms with Gasteiger partial charge in [-0.2, -0.15) is 5.26 Å². The number of nitrogens with zero attached hydrogens (tertiary/aromatic N) is 2. The van der Waals surface area contributed by atoms with E-state index in [1.807, 2.05) is 19.1 Å². The lowest BCUT2D eigenvalue weighted by Gasteiger charge is -2.12. The van der Waals surface area contributed by atoms with Crippen molar-refractivity contribution >= 4 is 23.2 Å². The van der Waals surface area contributed by atoms with Crippen LogP contribution in [0.2, 0.25) is 5.02 Å². The van der Waals surface area contributed by atoms with E-state index in [1.165, 1.54) is 0 Å². The molecule has 0 bridgehead atoms. The second kappa shape index (κ2) is 9.29. The van der Waals surface area contributed by atoms with Gasteiger partial charge in [-0.3, -0.25) is 4.79 Å². The predicted octanol–water partition coefficient (Wildman–Crippen LogP) is 5.21. The number of hydrogen-bond acceptors (Lipinski definition) is 5. The fourth-order valence-corrected chi connectivity index (χ4v) is 3.07. The number of carbonyl (C=O) groups is 1. The van der Waals surface area contributed by atoms with Crippen LogP contribution in [0, 0.1) is 25.2 Å². The SMILES string of the molecule is COc1ccc(NC(=O)Cc2ccc(C)c(Oc3cc(Cl)cc(C#N)c3)c2)c(C)n1. The molecule has 1 aromatic heterocycles. The van der Waals surface area contributed by atoms with Gasteiger partial charge in [0.1, 0.15) is 11.5 Å². The number of anilines is 1. The van der Waals surface area contributed by atoms with E-state index in [4.69, 9.17) is 26.3 Å². The topological polar surface area (TPSA) is 84.2 Å². The van der Waals surface area contributed by atoms with Crippen molar-refractivity contribution in [3.63, 3.8) is 0 Å². The van der Waals surface area contributed by atoms with Crippen LogP contribution in [0.15, 0.2) is 48.5 Å². The van der Waals surface area contributed by atoms with Crippen molar-refractivity contribution in [1.29, 1.82) is 5.26 Å². The number of halogens is 1. The first-order valence-electron chi connectivity index (χ1n) is 9.17. The third-order valence-electron chi connectivity index (χ3n) is 4.39. The summed E-state index contributed by atoms with van der Waals surface area (Å²) >= 11 is 6.05. The van der Waals surface area contributed by atoms with Gasteiger partial charge in [0.15, 0.2) is 0 Å². The molecule has 1 N–H and O–H groups in total. The molecule has 152 valence electrons. The van der Waals surface area contributed by atoms with Crippen LogP contribution in [-0.2, 0) is 11.2 Å². The van der Waals surface area contributed by atoms with E-state index in [0.717, 1.165) is 11.1 Å². The number of hydrogen-bond donors (Lipinski definition) is 1. The average molecular weight is 422 g/mol. The maximum absolute atomic E-state index is 12.5. The quantitative estimate of drug-likeness (QED) is 0.590. The summed E-state index contributed by atoms with van der Waals surface area (Å²) in [6.07, 6.45) is 0.168. The van der Waals surface area contributed by atoms with Gasteiger partial charge in [-0.1, -0.05) is 23.7 Å². The van der Waals surface area contributed by atoms with Crippen LogP contribution >= 0.6 is 11.6 Å². The summed E-state index contributed by atoms with van der Waals surface area (Å²) in [5.74, 6) is 1.37. The predicted molar refractivity (Wildman–Crippen MR) is 115 cm³/mol. The lowest BCUT2D eigenvalue weighted by Crippen LogP contribution is -2.15. The van der Waals surface area contributed by atoms with Crippen molar-refractivity contribution in [2.45, 2.75) is 20.3 Å². The third kappa shape index (κ3) is 5.28. The number of amides is 1. The average Bonchev–Trinajstić information content (AvgIpc) is 2.71. The van der Waals surface area contributed by atoms with Gasteiger partial charge in [0.2, 0.25) is 11.8 Å². The largest absolute Gasteiger partial charge is 0.481 e. The second-order valence-electron chi connectivity index (χ2n) is 6.70. The number of methoxy groups -OCH3 is 1. The van der Waals surface area contributed by atoms with Gasteiger partial charge in [0.25, 0.3) is 0 Å². The van der Waals surface area contributed by atoms with Gasteiger partial charge in [-0.25, -0.2) is 4.98 Å².